The van der Waals surface area contributed by atoms with Gasteiger partial charge in [-0.2, -0.15) is 4.99 Å². The fraction of sp³-hybridized carbons (Fsp3) is 0.263. The molecule has 0 spiro atoms. The van der Waals surface area contributed by atoms with E-state index in [9.17, 15) is 13.2 Å². The van der Waals surface area contributed by atoms with Crippen molar-refractivity contribution in [1.29, 1.82) is 0 Å². The zero-order chi connectivity index (χ0) is 19.4. The Morgan fingerprint density at radius 2 is 1.85 bits per heavy atom. The van der Waals surface area contributed by atoms with Crippen LogP contribution in [0, 0.1) is 0 Å². The normalized spacial score (nSPS) is 12.6. The van der Waals surface area contributed by atoms with Crippen LogP contribution in [-0.4, -0.2) is 38.9 Å². The number of hydrogen-bond donors (Lipinski definition) is 0. The molecule has 1 heterocycles. The number of carbonyl (C=O) groups is 1. The van der Waals surface area contributed by atoms with Crippen LogP contribution in [0.4, 0.5) is 0 Å². The molecule has 0 unspecified atom stereocenters. The number of fused-ring (bicyclic) bond motifs is 1. The van der Waals surface area contributed by atoms with Crippen LogP contribution in [0.3, 0.4) is 0 Å². The number of para-hydroxylation sites is 1. The van der Waals surface area contributed by atoms with Crippen molar-refractivity contribution in [2.75, 3.05) is 20.0 Å². The van der Waals surface area contributed by atoms with E-state index in [1.165, 1.54) is 23.5 Å². The highest BCUT2D eigenvalue weighted by Crippen LogP contribution is 2.17. The van der Waals surface area contributed by atoms with Crippen LogP contribution >= 0.6 is 11.3 Å². The first-order valence-corrected chi connectivity index (χ1v) is 11.0. The Balaban J connectivity index is 1.88. The van der Waals surface area contributed by atoms with Crippen molar-refractivity contribution in [2.24, 2.45) is 4.99 Å². The Morgan fingerprint density at radius 3 is 2.52 bits per heavy atom. The molecule has 27 heavy (non-hydrogen) atoms. The lowest BCUT2D eigenvalue weighted by atomic mass is 10.1. The van der Waals surface area contributed by atoms with Gasteiger partial charge in [0.25, 0.3) is 5.91 Å². The van der Waals surface area contributed by atoms with Gasteiger partial charge in [0.2, 0.25) is 0 Å². The van der Waals surface area contributed by atoms with Crippen molar-refractivity contribution in [2.45, 2.75) is 17.9 Å². The number of amides is 1. The highest BCUT2D eigenvalue weighted by atomic mass is 32.2. The number of rotatable bonds is 6. The number of ether oxygens (including phenoxy) is 1. The summed E-state index contributed by atoms with van der Waals surface area (Å²) in [4.78, 5) is 17.6. The molecule has 6 nitrogen and oxygen atoms in total. The summed E-state index contributed by atoms with van der Waals surface area (Å²) >= 11 is 1.46. The molecule has 0 aliphatic heterocycles. The van der Waals surface area contributed by atoms with E-state index in [1.54, 1.807) is 19.2 Å². The third-order valence-corrected chi connectivity index (χ3v) is 6.22. The summed E-state index contributed by atoms with van der Waals surface area (Å²) in [6, 6.07) is 14.2. The quantitative estimate of drug-likeness (QED) is 0.632. The molecule has 1 amide bonds. The lowest BCUT2D eigenvalue weighted by Crippen LogP contribution is -2.19. The van der Waals surface area contributed by atoms with Crippen molar-refractivity contribution >= 4 is 37.3 Å². The van der Waals surface area contributed by atoms with Crippen LogP contribution in [0.15, 0.2) is 58.4 Å². The van der Waals surface area contributed by atoms with E-state index < -0.39 is 9.84 Å². The summed E-state index contributed by atoms with van der Waals surface area (Å²) in [5.74, 6) is -0.278. The predicted molar refractivity (Wildman–Crippen MR) is 106 cm³/mol. The SMILES string of the molecule is COCCn1c(=NC(=O)Cc2ccc(S(C)(=O)=O)cc2)sc2ccccc21. The minimum Gasteiger partial charge on any atom is -0.383 e. The van der Waals surface area contributed by atoms with Crippen LogP contribution in [-0.2, 0) is 32.3 Å². The maximum atomic E-state index is 12.4. The van der Waals surface area contributed by atoms with Gasteiger partial charge in [0.05, 0.1) is 28.1 Å². The van der Waals surface area contributed by atoms with Crippen molar-refractivity contribution in [3.8, 4) is 0 Å². The molecule has 3 aromatic rings. The molecule has 0 N–H and O–H groups in total. The zero-order valence-electron chi connectivity index (χ0n) is 15.1. The van der Waals surface area contributed by atoms with Crippen molar-refractivity contribution in [3.63, 3.8) is 0 Å². The number of hydrogen-bond acceptors (Lipinski definition) is 5. The van der Waals surface area contributed by atoms with Crippen LogP contribution in [0.2, 0.25) is 0 Å². The van der Waals surface area contributed by atoms with Gasteiger partial charge >= 0.3 is 0 Å². The molecule has 0 aliphatic carbocycles. The van der Waals surface area contributed by atoms with E-state index in [0.29, 0.717) is 18.0 Å². The average molecular weight is 405 g/mol. The molecule has 3 rings (SSSR count). The average Bonchev–Trinajstić information content (AvgIpc) is 2.96. The third kappa shape index (κ3) is 4.71. The second kappa shape index (κ2) is 8.16. The number of methoxy groups -OCH3 is 1. The fourth-order valence-corrected chi connectivity index (χ4v) is 4.38. The highest BCUT2D eigenvalue weighted by molar-refractivity contribution is 7.90. The number of thiazole rings is 1. The Hall–Kier alpha value is -2.29. The molecule has 0 atom stereocenters. The van der Waals surface area contributed by atoms with Crippen LogP contribution in [0.5, 0.6) is 0 Å². The molecular weight excluding hydrogens is 384 g/mol. The van der Waals surface area contributed by atoms with Crippen molar-refractivity contribution in [3.05, 3.63) is 58.9 Å². The summed E-state index contributed by atoms with van der Waals surface area (Å²) < 4.78 is 31.2. The molecular formula is C19H20N2O4S2. The molecule has 142 valence electrons. The van der Waals surface area contributed by atoms with E-state index in [0.717, 1.165) is 22.0 Å². The molecule has 0 radical (unpaired) electrons. The maximum Gasteiger partial charge on any atom is 0.252 e. The number of benzene rings is 2. The predicted octanol–water partition coefficient (Wildman–Crippen LogP) is 2.42. The molecule has 0 saturated carbocycles. The standard InChI is InChI=1S/C19H20N2O4S2/c1-25-12-11-21-16-5-3-4-6-17(16)26-19(21)20-18(22)13-14-7-9-15(10-8-14)27(2,23)24/h3-10H,11-13H2,1-2H3. The summed E-state index contributed by atoms with van der Waals surface area (Å²) in [6.45, 7) is 1.13. The number of aromatic nitrogens is 1. The van der Waals surface area contributed by atoms with Gasteiger partial charge in [0, 0.05) is 19.9 Å². The molecule has 0 aliphatic rings. The molecule has 0 bridgehead atoms. The molecule has 0 fully saturated rings. The molecule has 1 aromatic heterocycles. The first-order valence-electron chi connectivity index (χ1n) is 8.32. The van der Waals surface area contributed by atoms with Gasteiger partial charge in [0.1, 0.15) is 0 Å². The number of nitrogens with zero attached hydrogens (tertiary/aromatic N) is 2. The van der Waals surface area contributed by atoms with Gasteiger partial charge in [-0.1, -0.05) is 35.6 Å². The monoisotopic (exact) mass is 404 g/mol. The van der Waals surface area contributed by atoms with E-state index in [1.807, 2.05) is 28.8 Å². The smallest absolute Gasteiger partial charge is 0.252 e. The van der Waals surface area contributed by atoms with E-state index >= 15 is 0 Å². The molecule has 2 aromatic carbocycles. The van der Waals surface area contributed by atoms with Crippen molar-refractivity contribution in [1.82, 2.24) is 4.57 Å². The summed E-state index contributed by atoms with van der Waals surface area (Å²) in [5.41, 5.74) is 1.74. The van der Waals surface area contributed by atoms with E-state index in [4.69, 9.17) is 4.74 Å². The number of sulfone groups is 1. The van der Waals surface area contributed by atoms with Gasteiger partial charge in [-0.05, 0) is 29.8 Å². The molecule has 8 heteroatoms. The number of carbonyl (C=O) groups excluding carboxylic acids is 1. The summed E-state index contributed by atoms with van der Waals surface area (Å²) in [5, 5.41) is 0. The zero-order valence-corrected chi connectivity index (χ0v) is 16.7. The fourth-order valence-electron chi connectivity index (χ4n) is 2.68. The topological polar surface area (TPSA) is 77.7 Å². The first kappa shape index (κ1) is 19.5. The highest BCUT2D eigenvalue weighted by Gasteiger charge is 2.10. The first-order chi connectivity index (χ1) is 12.9. The van der Waals surface area contributed by atoms with Gasteiger partial charge in [-0.25, -0.2) is 8.42 Å². The lowest BCUT2D eigenvalue weighted by molar-refractivity contribution is -0.117. The lowest BCUT2D eigenvalue weighted by Gasteiger charge is -2.04. The third-order valence-electron chi connectivity index (χ3n) is 4.03. The van der Waals surface area contributed by atoms with Gasteiger partial charge < -0.3 is 9.30 Å². The summed E-state index contributed by atoms with van der Waals surface area (Å²) in [6.07, 6.45) is 1.27. The molecule has 0 saturated heterocycles. The van der Waals surface area contributed by atoms with Crippen LogP contribution < -0.4 is 4.80 Å². The maximum absolute atomic E-state index is 12.4. The Labute approximate surface area is 161 Å². The second-order valence-electron chi connectivity index (χ2n) is 6.10. The minimum atomic E-state index is -3.25. The Kier molecular flexibility index (Phi) is 5.88. The van der Waals surface area contributed by atoms with Crippen LogP contribution in [0.25, 0.3) is 10.2 Å². The van der Waals surface area contributed by atoms with Crippen LogP contribution in [0.1, 0.15) is 5.56 Å². The second-order valence-corrected chi connectivity index (χ2v) is 9.12. The van der Waals surface area contributed by atoms with Gasteiger partial charge in [-0.15, -0.1) is 0 Å². The summed E-state index contributed by atoms with van der Waals surface area (Å²) in [7, 11) is -1.61. The van der Waals surface area contributed by atoms with Gasteiger partial charge in [-0.3, -0.25) is 4.79 Å². The largest absolute Gasteiger partial charge is 0.383 e. The van der Waals surface area contributed by atoms with Gasteiger partial charge in [0.15, 0.2) is 14.6 Å². The Morgan fingerprint density at radius 1 is 1.15 bits per heavy atom. The Bertz CT molecular complexity index is 1130. The van der Waals surface area contributed by atoms with E-state index in [2.05, 4.69) is 4.99 Å². The van der Waals surface area contributed by atoms with E-state index in [-0.39, 0.29) is 17.2 Å². The minimum absolute atomic E-state index is 0.114. The van der Waals surface area contributed by atoms with Crippen molar-refractivity contribution < 1.29 is 17.9 Å².